The van der Waals surface area contributed by atoms with Crippen LogP contribution in [0.2, 0.25) is 5.02 Å². The molecule has 3 rings (SSSR count). The Kier molecular flexibility index (Phi) is 4.57. The van der Waals surface area contributed by atoms with Crippen LogP contribution >= 0.6 is 11.6 Å². The molecule has 0 radical (unpaired) electrons. The van der Waals surface area contributed by atoms with Crippen molar-refractivity contribution in [3.8, 4) is 0 Å². The van der Waals surface area contributed by atoms with Gasteiger partial charge in [0.1, 0.15) is 5.82 Å². The number of benzene rings is 1. The van der Waals surface area contributed by atoms with Crippen LogP contribution in [-0.4, -0.2) is 33.9 Å². The van der Waals surface area contributed by atoms with Crippen LogP contribution in [0.5, 0.6) is 0 Å². The highest BCUT2D eigenvalue weighted by molar-refractivity contribution is 6.31. The summed E-state index contributed by atoms with van der Waals surface area (Å²) in [6.07, 6.45) is 5.23. The monoisotopic (exact) mass is 333 g/mol. The molecule has 0 N–H and O–H groups in total. The van der Waals surface area contributed by atoms with E-state index in [0.29, 0.717) is 24.6 Å². The molecule has 1 amide bonds. The number of hydrogen-bond donors (Lipinski definition) is 0. The van der Waals surface area contributed by atoms with E-state index in [-0.39, 0.29) is 10.9 Å². The maximum atomic E-state index is 13.2. The van der Waals surface area contributed by atoms with E-state index < -0.39 is 5.82 Å². The molecule has 1 fully saturated rings. The minimum Gasteiger partial charge on any atom is -0.339 e. The molecule has 0 atom stereocenters. The minimum atomic E-state index is -0.514. The second kappa shape index (κ2) is 6.62. The number of aryl methyl sites for hydroxylation is 1. The molecular formula is C17H17ClFN3O. The van der Waals surface area contributed by atoms with Gasteiger partial charge in [-0.3, -0.25) is 14.8 Å². The summed E-state index contributed by atoms with van der Waals surface area (Å²) in [7, 11) is 0. The highest BCUT2D eigenvalue weighted by Gasteiger charge is 2.25. The zero-order valence-corrected chi connectivity index (χ0v) is 13.6. The van der Waals surface area contributed by atoms with Gasteiger partial charge in [0.25, 0.3) is 5.91 Å². The molecular weight excluding hydrogens is 317 g/mol. The summed E-state index contributed by atoms with van der Waals surface area (Å²) >= 11 is 5.75. The smallest absolute Gasteiger partial charge is 0.253 e. The van der Waals surface area contributed by atoms with Gasteiger partial charge < -0.3 is 4.90 Å². The van der Waals surface area contributed by atoms with E-state index in [4.69, 9.17) is 11.6 Å². The number of piperidine rings is 1. The summed E-state index contributed by atoms with van der Waals surface area (Å²) in [5.74, 6) is -0.302. The molecule has 1 aliphatic rings. The van der Waals surface area contributed by atoms with Crippen LogP contribution in [0, 0.1) is 12.7 Å². The third-order valence-corrected chi connectivity index (χ3v) is 4.43. The lowest BCUT2D eigenvalue weighted by Gasteiger charge is -2.31. The summed E-state index contributed by atoms with van der Waals surface area (Å²) in [6.45, 7) is 3.22. The maximum Gasteiger partial charge on any atom is 0.253 e. The first-order chi connectivity index (χ1) is 11.0. The fourth-order valence-corrected chi connectivity index (χ4v) is 3.05. The second-order valence-electron chi connectivity index (χ2n) is 5.78. The van der Waals surface area contributed by atoms with Gasteiger partial charge in [0.15, 0.2) is 0 Å². The number of rotatable bonds is 2. The Bertz CT molecular complexity index is 730. The standard InChI is InChI=1S/C17H17ClFN3O/c1-11-9-20-10-16(21-11)12-4-6-22(7-5-12)17(23)13-2-3-15(19)14(18)8-13/h2-3,8-10,12H,4-7H2,1H3. The van der Waals surface area contributed by atoms with E-state index in [1.165, 1.54) is 18.2 Å². The Labute approximate surface area is 139 Å². The van der Waals surface area contributed by atoms with Crippen molar-refractivity contribution in [3.63, 3.8) is 0 Å². The fourth-order valence-electron chi connectivity index (χ4n) is 2.87. The molecule has 4 nitrogen and oxygen atoms in total. The minimum absolute atomic E-state index is 0.0271. The molecule has 23 heavy (non-hydrogen) atoms. The molecule has 1 aliphatic heterocycles. The highest BCUT2D eigenvalue weighted by Crippen LogP contribution is 2.27. The van der Waals surface area contributed by atoms with Crippen LogP contribution in [0.25, 0.3) is 0 Å². The zero-order chi connectivity index (χ0) is 16.4. The summed E-state index contributed by atoms with van der Waals surface area (Å²) in [5.41, 5.74) is 2.31. The lowest BCUT2D eigenvalue weighted by atomic mass is 9.93. The summed E-state index contributed by atoms with van der Waals surface area (Å²) in [6, 6.07) is 4.09. The van der Waals surface area contributed by atoms with Crippen molar-refractivity contribution in [1.29, 1.82) is 0 Å². The van der Waals surface area contributed by atoms with Crippen molar-refractivity contribution < 1.29 is 9.18 Å². The Morgan fingerprint density at radius 2 is 2.04 bits per heavy atom. The largest absolute Gasteiger partial charge is 0.339 e. The SMILES string of the molecule is Cc1cncc(C2CCN(C(=O)c3ccc(F)c(Cl)c3)CC2)n1. The Balaban J connectivity index is 1.66. The predicted octanol–water partition coefficient (Wildman–Crippen LogP) is 3.60. The molecule has 6 heteroatoms. The van der Waals surface area contributed by atoms with Gasteiger partial charge >= 0.3 is 0 Å². The number of amides is 1. The van der Waals surface area contributed by atoms with Crippen LogP contribution in [0.1, 0.15) is 40.5 Å². The van der Waals surface area contributed by atoms with Crippen LogP contribution in [0.3, 0.4) is 0 Å². The number of aromatic nitrogens is 2. The molecule has 0 aliphatic carbocycles. The van der Waals surface area contributed by atoms with Crippen molar-refractivity contribution in [2.24, 2.45) is 0 Å². The molecule has 0 unspecified atom stereocenters. The van der Waals surface area contributed by atoms with Crippen molar-refractivity contribution >= 4 is 17.5 Å². The Hall–Kier alpha value is -2.01. The first-order valence-electron chi connectivity index (χ1n) is 7.57. The van der Waals surface area contributed by atoms with Gasteiger partial charge in [0, 0.05) is 37.0 Å². The number of hydrogen-bond acceptors (Lipinski definition) is 3. The molecule has 1 saturated heterocycles. The van der Waals surface area contributed by atoms with E-state index in [2.05, 4.69) is 9.97 Å². The average molecular weight is 334 g/mol. The highest BCUT2D eigenvalue weighted by atomic mass is 35.5. The van der Waals surface area contributed by atoms with Crippen LogP contribution < -0.4 is 0 Å². The molecule has 1 aromatic carbocycles. The fraction of sp³-hybridized carbons (Fsp3) is 0.353. The lowest BCUT2D eigenvalue weighted by molar-refractivity contribution is 0.0712. The van der Waals surface area contributed by atoms with Gasteiger partial charge in [-0.2, -0.15) is 0 Å². The molecule has 0 saturated carbocycles. The van der Waals surface area contributed by atoms with Crippen LogP contribution in [0.4, 0.5) is 4.39 Å². The van der Waals surface area contributed by atoms with E-state index >= 15 is 0 Å². The zero-order valence-electron chi connectivity index (χ0n) is 12.8. The average Bonchev–Trinajstić information content (AvgIpc) is 2.57. The molecule has 2 heterocycles. The van der Waals surface area contributed by atoms with E-state index in [9.17, 15) is 9.18 Å². The van der Waals surface area contributed by atoms with Crippen LogP contribution in [-0.2, 0) is 0 Å². The van der Waals surface area contributed by atoms with E-state index in [1.807, 2.05) is 6.92 Å². The molecule has 0 spiro atoms. The van der Waals surface area contributed by atoms with Gasteiger partial charge in [-0.15, -0.1) is 0 Å². The quantitative estimate of drug-likeness (QED) is 0.843. The number of carbonyl (C=O) groups excluding carboxylic acids is 1. The van der Waals surface area contributed by atoms with Gasteiger partial charge in [-0.05, 0) is 38.0 Å². The third kappa shape index (κ3) is 3.50. The molecule has 2 aromatic rings. The second-order valence-corrected chi connectivity index (χ2v) is 6.19. The van der Waals surface area contributed by atoms with Crippen molar-refractivity contribution in [1.82, 2.24) is 14.9 Å². The number of likely N-dealkylation sites (tertiary alicyclic amines) is 1. The summed E-state index contributed by atoms with van der Waals surface area (Å²) in [4.78, 5) is 23.0. The van der Waals surface area contributed by atoms with Gasteiger partial charge in [-0.25, -0.2) is 4.39 Å². The van der Waals surface area contributed by atoms with Gasteiger partial charge in [0.2, 0.25) is 0 Å². The number of nitrogens with zero attached hydrogens (tertiary/aromatic N) is 3. The Morgan fingerprint density at radius 3 is 2.70 bits per heavy atom. The van der Waals surface area contributed by atoms with Crippen LogP contribution in [0.15, 0.2) is 30.6 Å². The van der Waals surface area contributed by atoms with Crippen molar-refractivity contribution in [3.05, 3.63) is 58.4 Å². The van der Waals surface area contributed by atoms with E-state index in [1.54, 1.807) is 17.3 Å². The first kappa shape index (κ1) is 15.9. The predicted molar refractivity (Wildman–Crippen MR) is 86.1 cm³/mol. The van der Waals surface area contributed by atoms with Gasteiger partial charge in [-0.1, -0.05) is 11.6 Å². The topological polar surface area (TPSA) is 46.1 Å². The lowest BCUT2D eigenvalue weighted by Crippen LogP contribution is -2.38. The number of halogens is 2. The first-order valence-corrected chi connectivity index (χ1v) is 7.95. The number of carbonyl (C=O) groups is 1. The molecule has 120 valence electrons. The Morgan fingerprint density at radius 1 is 1.30 bits per heavy atom. The third-order valence-electron chi connectivity index (χ3n) is 4.14. The summed E-state index contributed by atoms with van der Waals surface area (Å²) in [5, 5.41) is -0.0271. The van der Waals surface area contributed by atoms with Crippen molar-refractivity contribution in [2.75, 3.05) is 13.1 Å². The summed E-state index contributed by atoms with van der Waals surface area (Å²) < 4.78 is 13.2. The maximum absolute atomic E-state index is 13.2. The molecule has 1 aromatic heterocycles. The van der Waals surface area contributed by atoms with E-state index in [0.717, 1.165) is 24.2 Å². The van der Waals surface area contributed by atoms with Crippen molar-refractivity contribution in [2.45, 2.75) is 25.7 Å². The normalized spacial score (nSPS) is 15.7. The van der Waals surface area contributed by atoms with Gasteiger partial charge in [0.05, 0.1) is 16.4 Å². The molecule has 0 bridgehead atoms.